The lowest BCUT2D eigenvalue weighted by atomic mass is 9.92. The van der Waals surface area contributed by atoms with Crippen LogP contribution < -0.4 is 0 Å². The summed E-state index contributed by atoms with van der Waals surface area (Å²) in [6.07, 6.45) is 6.09. The molecule has 24 heavy (non-hydrogen) atoms. The summed E-state index contributed by atoms with van der Waals surface area (Å²) in [5.74, 6) is 0.244. The molecule has 1 saturated heterocycles. The third kappa shape index (κ3) is 4.01. The zero-order valence-electron chi connectivity index (χ0n) is 15.7. The lowest BCUT2D eigenvalue weighted by Crippen LogP contribution is -2.51. The van der Waals surface area contributed by atoms with Crippen LogP contribution in [0.1, 0.15) is 45.7 Å². The molecule has 0 aliphatic carbocycles. The Morgan fingerprint density at radius 1 is 1.46 bits per heavy atom. The minimum Gasteiger partial charge on any atom is -0.468 e. The second kappa shape index (κ2) is 8.17. The van der Waals surface area contributed by atoms with E-state index in [-0.39, 0.29) is 17.7 Å². The number of carbonyl (C=O) groups excluding carboxylic acids is 1. The van der Waals surface area contributed by atoms with E-state index < -0.39 is 0 Å². The van der Waals surface area contributed by atoms with Crippen LogP contribution in [-0.2, 0) is 27.7 Å². The number of aromatic nitrogens is 1. The van der Waals surface area contributed by atoms with Gasteiger partial charge in [-0.25, -0.2) is 0 Å². The summed E-state index contributed by atoms with van der Waals surface area (Å²) in [6, 6.07) is 4.23. The summed E-state index contributed by atoms with van der Waals surface area (Å²) in [5.41, 5.74) is 1.16. The summed E-state index contributed by atoms with van der Waals surface area (Å²) in [4.78, 5) is 14.2. The summed E-state index contributed by atoms with van der Waals surface area (Å²) >= 11 is 0. The van der Waals surface area contributed by atoms with Crippen molar-refractivity contribution < 1.29 is 14.3 Å². The normalized spacial score (nSPS) is 24.7. The second-order valence-electron chi connectivity index (χ2n) is 7.09. The summed E-state index contributed by atoms with van der Waals surface area (Å²) in [7, 11) is 3.52. The second-order valence-corrected chi connectivity index (χ2v) is 7.09. The third-order valence-electron chi connectivity index (χ3n) is 5.52. The van der Waals surface area contributed by atoms with Crippen LogP contribution >= 0.6 is 0 Å². The fraction of sp³-hybridized carbons (Fsp3) is 0.737. The first-order valence-electron chi connectivity index (χ1n) is 9.00. The Morgan fingerprint density at radius 2 is 2.17 bits per heavy atom. The van der Waals surface area contributed by atoms with E-state index in [0.717, 1.165) is 25.7 Å². The van der Waals surface area contributed by atoms with Crippen molar-refractivity contribution in [2.45, 2.75) is 58.2 Å². The van der Waals surface area contributed by atoms with Gasteiger partial charge in [0.25, 0.3) is 0 Å². The van der Waals surface area contributed by atoms with Gasteiger partial charge in [0.1, 0.15) is 6.23 Å². The van der Waals surface area contributed by atoms with E-state index in [2.05, 4.69) is 55.6 Å². The smallest absolute Gasteiger partial charge is 0.319 e. The Bertz CT molecular complexity index is 538. The number of methoxy groups -OCH3 is 1. The maximum absolute atomic E-state index is 12.0. The van der Waals surface area contributed by atoms with Crippen molar-refractivity contribution in [2.75, 3.05) is 20.3 Å². The topological polar surface area (TPSA) is 43.7 Å². The van der Waals surface area contributed by atoms with Crippen LogP contribution in [0.15, 0.2) is 18.3 Å². The molecule has 2 heterocycles. The molecule has 0 bridgehead atoms. The molecule has 136 valence electrons. The van der Waals surface area contributed by atoms with Crippen LogP contribution in [-0.4, -0.2) is 47.5 Å². The van der Waals surface area contributed by atoms with E-state index in [1.165, 1.54) is 12.8 Å². The van der Waals surface area contributed by atoms with E-state index in [4.69, 9.17) is 9.47 Å². The Labute approximate surface area is 145 Å². The molecule has 0 unspecified atom stereocenters. The first-order valence-corrected chi connectivity index (χ1v) is 9.00. The molecule has 5 nitrogen and oxygen atoms in total. The molecule has 0 amide bonds. The van der Waals surface area contributed by atoms with Gasteiger partial charge in [-0.2, -0.15) is 0 Å². The van der Waals surface area contributed by atoms with Gasteiger partial charge in [-0.1, -0.05) is 13.8 Å². The fourth-order valence-corrected chi connectivity index (χ4v) is 3.68. The largest absolute Gasteiger partial charge is 0.468 e. The van der Waals surface area contributed by atoms with Crippen LogP contribution in [0.2, 0.25) is 0 Å². The van der Waals surface area contributed by atoms with Crippen molar-refractivity contribution in [1.82, 2.24) is 9.47 Å². The van der Waals surface area contributed by atoms with Crippen LogP contribution in [0, 0.1) is 5.92 Å². The minimum absolute atomic E-state index is 0.00230. The molecule has 1 aliphatic heterocycles. The van der Waals surface area contributed by atoms with Gasteiger partial charge >= 0.3 is 5.97 Å². The van der Waals surface area contributed by atoms with Crippen molar-refractivity contribution in [3.63, 3.8) is 0 Å². The molecule has 1 aromatic heterocycles. The molecule has 1 aliphatic rings. The summed E-state index contributed by atoms with van der Waals surface area (Å²) < 4.78 is 13.3. The highest BCUT2D eigenvalue weighted by molar-refractivity contribution is 5.71. The first kappa shape index (κ1) is 19.0. The van der Waals surface area contributed by atoms with Crippen LogP contribution in [0.3, 0.4) is 0 Å². The van der Waals surface area contributed by atoms with Gasteiger partial charge in [-0.3, -0.25) is 9.69 Å². The molecule has 0 saturated carbocycles. The van der Waals surface area contributed by atoms with Gasteiger partial charge in [-0.05, 0) is 50.7 Å². The molecule has 2 atom stereocenters. The van der Waals surface area contributed by atoms with Crippen molar-refractivity contribution in [3.8, 4) is 0 Å². The minimum atomic E-state index is -0.193. The molecule has 5 heteroatoms. The molecule has 0 radical (unpaired) electrons. The van der Waals surface area contributed by atoms with Crippen LogP contribution in [0.25, 0.3) is 0 Å². The standard InChI is InChI=1S/C19H32N2O3/c1-6-15(7-2)18-21(13-17(22)23-5)19(3,14-24-18)11-10-16-9-8-12-20(16)4/h8-9,12,15,18H,6-7,10-11,13-14H2,1-5H3/t18-,19-/m1/s1. The zero-order chi connectivity index (χ0) is 17.7. The van der Waals surface area contributed by atoms with E-state index in [9.17, 15) is 4.79 Å². The maximum atomic E-state index is 12.0. The lowest BCUT2D eigenvalue weighted by molar-refractivity contribution is -0.146. The number of esters is 1. The number of rotatable bonds is 8. The number of nitrogens with zero attached hydrogens (tertiary/aromatic N) is 2. The zero-order valence-corrected chi connectivity index (χ0v) is 15.7. The number of ether oxygens (including phenoxy) is 2. The fourth-order valence-electron chi connectivity index (χ4n) is 3.68. The monoisotopic (exact) mass is 336 g/mol. The first-order chi connectivity index (χ1) is 11.4. The van der Waals surface area contributed by atoms with Gasteiger partial charge in [-0.15, -0.1) is 0 Å². The van der Waals surface area contributed by atoms with Crippen molar-refractivity contribution in [1.29, 1.82) is 0 Å². The average Bonchev–Trinajstić information content (AvgIpc) is 3.12. The molecule has 1 fully saturated rings. The van der Waals surface area contributed by atoms with Gasteiger partial charge < -0.3 is 14.0 Å². The van der Waals surface area contributed by atoms with Gasteiger partial charge in [0, 0.05) is 24.5 Å². The Balaban J connectivity index is 2.15. The summed E-state index contributed by atoms with van der Waals surface area (Å²) in [6.45, 7) is 7.54. The quantitative estimate of drug-likeness (QED) is 0.685. The van der Waals surface area contributed by atoms with E-state index >= 15 is 0 Å². The third-order valence-corrected chi connectivity index (χ3v) is 5.52. The maximum Gasteiger partial charge on any atom is 0.319 e. The van der Waals surface area contributed by atoms with Crippen molar-refractivity contribution in [2.24, 2.45) is 13.0 Å². The molecule has 0 spiro atoms. The van der Waals surface area contributed by atoms with Crippen molar-refractivity contribution >= 4 is 5.97 Å². The number of aryl methyl sites for hydroxylation is 2. The SMILES string of the molecule is CCC(CC)[C@H]1OC[C@@](C)(CCc2cccn2C)N1CC(=O)OC. The van der Waals surface area contributed by atoms with Gasteiger partial charge in [0.05, 0.1) is 20.3 Å². The molecule has 1 aromatic rings. The Morgan fingerprint density at radius 3 is 2.71 bits per heavy atom. The predicted octanol–water partition coefficient (Wildman–Crippen LogP) is 2.98. The predicted molar refractivity (Wildman–Crippen MR) is 94.7 cm³/mol. The lowest BCUT2D eigenvalue weighted by Gasteiger charge is -2.37. The number of hydrogen-bond donors (Lipinski definition) is 0. The van der Waals surface area contributed by atoms with Crippen molar-refractivity contribution in [3.05, 3.63) is 24.0 Å². The van der Waals surface area contributed by atoms with E-state index in [1.54, 1.807) is 0 Å². The Hall–Kier alpha value is -1.33. The highest BCUT2D eigenvalue weighted by Gasteiger charge is 2.46. The van der Waals surface area contributed by atoms with Gasteiger partial charge in [0.15, 0.2) is 0 Å². The highest BCUT2D eigenvalue weighted by atomic mass is 16.5. The van der Waals surface area contributed by atoms with E-state index in [0.29, 0.717) is 19.1 Å². The molecule has 0 N–H and O–H groups in total. The molecular formula is C19H32N2O3. The van der Waals surface area contributed by atoms with E-state index in [1.807, 2.05) is 0 Å². The molecule has 2 rings (SSSR count). The Kier molecular flexibility index (Phi) is 6.47. The highest BCUT2D eigenvalue weighted by Crippen LogP contribution is 2.36. The number of hydrogen-bond acceptors (Lipinski definition) is 4. The number of carbonyl (C=O) groups is 1. The van der Waals surface area contributed by atoms with Crippen LogP contribution in [0.4, 0.5) is 0 Å². The average molecular weight is 336 g/mol. The molecule has 0 aromatic carbocycles. The molecular weight excluding hydrogens is 304 g/mol. The van der Waals surface area contributed by atoms with Crippen LogP contribution in [0.5, 0.6) is 0 Å². The summed E-state index contributed by atoms with van der Waals surface area (Å²) in [5, 5.41) is 0. The van der Waals surface area contributed by atoms with Gasteiger partial charge in [0.2, 0.25) is 0 Å².